The van der Waals surface area contributed by atoms with Crippen molar-refractivity contribution in [2.24, 2.45) is 0 Å². The first kappa shape index (κ1) is 17.2. The lowest BCUT2D eigenvalue weighted by molar-refractivity contribution is 0.0940. The monoisotopic (exact) mass is 351 g/mol. The van der Waals surface area contributed by atoms with Crippen molar-refractivity contribution in [1.29, 1.82) is 0 Å². The molecule has 0 spiro atoms. The summed E-state index contributed by atoms with van der Waals surface area (Å²) >= 11 is 0. The van der Waals surface area contributed by atoms with Gasteiger partial charge >= 0.3 is 0 Å². The number of hydrogen-bond donors (Lipinski definition) is 1. The molecule has 0 aliphatic carbocycles. The summed E-state index contributed by atoms with van der Waals surface area (Å²) in [5, 5.41) is 6.78. The van der Waals surface area contributed by atoms with Crippen molar-refractivity contribution >= 4 is 17.6 Å². The van der Waals surface area contributed by atoms with E-state index in [1.807, 2.05) is 0 Å². The highest BCUT2D eigenvalue weighted by atomic mass is 16.5. The highest BCUT2D eigenvalue weighted by Gasteiger charge is 2.17. The molecule has 1 heterocycles. The fourth-order valence-electron chi connectivity index (χ4n) is 2.46. The highest BCUT2D eigenvalue weighted by molar-refractivity contribution is 6.06. The van der Waals surface area contributed by atoms with Gasteiger partial charge in [-0.25, -0.2) is 4.68 Å². The number of methoxy groups -OCH3 is 2. The minimum absolute atomic E-state index is 0.254. The molecule has 0 aliphatic rings. The van der Waals surface area contributed by atoms with Gasteiger partial charge in [0.05, 0.1) is 25.3 Å². The van der Waals surface area contributed by atoms with E-state index in [1.54, 1.807) is 54.6 Å². The Morgan fingerprint density at radius 1 is 0.885 bits per heavy atom. The van der Waals surface area contributed by atoms with E-state index in [1.165, 1.54) is 20.4 Å². The predicted octanol–water partition coefficient (Wildman–Crippen LogP) is 2.84. The number of benzene rings is 2. The lowest BCUT2D eigenvalue weighted by atomic mass is 10.2. The Balaban J connectivity index is 1.80. The standard InChI is InChI=1S/C19H17N3O4/c1-25-15-9-5-3-7-13(15)18(23)20-17-11-12-22(21-17)19(24)14-8-4-6-10-16(14)26-2/h3-12H,1-2H3,(H,20,21,23). The van der Waals surface area contributed by atoms with Gasteiger partial charge in [0.15, 0.2) is 5.82 Å². The van der Waals surface area contributed by atoms with Crippen LogP contribution in [-0.2, 0) is 0 Å². The van der Waals surface area contributed by atoms with Crippen molar-refractivity contribution in [3.8, 4) is 11.5 Å². The van der Waals surface area contributed by atoms with Crippen LogP contribution in [0.15, 0.2) is 60.8 Å². The van der Waals surface area contributed by atoms with Crippen LogP contribution in [0.2, 0.25) is 0 Å². The molecule has 0 saturated carbocycles. The Kier molecular flexibility index (Phi) is 4.98. The number of rotatable bonds is 5. The van der Waals surface area contributed by atoms with Crippen molar-refractivity contribution in [1.82, 2.24) is 9.78 Å². The van der Waals surface area contributed by atoms with E-state index in [2.05, 4.69) is 10.4 Å². The van der Waals surface area contributed by atoms with Crippen LogP contribution >= 0.6 is 0 Å². The number of para-hydroxylation sites is 2. The number of hydrogen-bond acceptors (Lipinski definition) is 5. The van der Waals surface area contributed by atoms with E-state index in [9.17, 15) is 9.59 Å². The number of anilines is 1. The van der Waals surface area contributed by atoms with Gasteiger partial charge in [-0.2, -0.15) is 0 Å². The number of amides is 1. The van der Waals surface area contributed by atoms with Gasteiger partial charge < -0.3 is 14.8 Å². The van der Waals surface area contributed by atoms with Gasteiger partial charge in [0.1, 0.15) is 11.5 Å². The number of carbonyl (C=O) groups is 2. The third-order valence-corrected chi connectivity index (χ3v) is 3.73. The number of aromatic nitrogens is 2. The first-order valence-electron chi connectivity index (χ1n) is 7.82. The molecule has 1 amide bonds. The molecule has 7 heteroatoms. The van der Waals surface area contributed by atoms with Crippen LogP contribution in [-0.4, -0.2) is 35.8 Å². The molecule has 0 bridgehead atoms. The molecule has 1 aromatic heterocycles. The van der Waals surface area contributed by atoms with Gasteiger partial charge in [-0.15, -0.1) is 5.10 Å². The molecule has 0 aliphatic heterocycles. The van der Waals surface area contributed by atoms with Crippen molar-refractivity contribution < 1.29 is 19.1 Å². The molecule has 3 aromatic rings. The maximum Gasteiger partial charge on any atom is 0.281 e. The minimum Gasteiger partial charge on any atom is -0.496 e. The van der Waals surface area contributed by atoms with Crippen LogP contribution in [0, 0.1) is 0 Å². The lowest BCUT2D eigenvalue weighted by Gasteiger charge is -2.08. The fourth-order valence-corrected chi connectivity index (χ4v) is 2.46. The lowest BCUT2D eigenvalue weighted by Crippen LogP contribution is -2.16. The zero-order valence-corrected chi connectivity index (χ0v) is 14.3. The van der Waals surface area contributed by atoms with Crippen LogP contribution in [0.5, 0.6) is 11.5 Å². The molecule has 26 heavy (non-hydrogen) atoms. The minimum atomic E-state index is -0.377. The van der Waals surface area contributed by atoms with E-state index in [-0.39, 0.29) is 17.6 Å². The number of ether oxygens (including phenoxy) is 2. The van der Waals surface area contributed by atoms with E-state index in [4.69, 9.17) is 9.47 Å². The summed E-state index contributed by atoms with van der Waals surface area (Å²) in [5.41, 5.74) is 0.751. The van der Waals surface area contributed by atoms with E-state index in [0.29, 0.717) is 22.6 Å². The average Bonchev–Trinajstić information content (AvgIpc) is 3.15. The van der Waals surface area contributed by atoms with Crippen LogP contribution in [0.3, 0.4) is 0 Å². The highest BCUT2D eigenvalue weighted by Crippen LogP contribution is 2.20. The van der Waals surface area contributed by atoms with Gasteiger partial charge in [0.2, 0.25) is 0 Å². The van der Waals surface area contributed by atoms with E-state index >= 15 is 0 Å². The molecule has 0 fully saturated rings. The maximum absolute atomic E-state index is 12.6. The third kappa shape index (κ3) is 3.41. The van der Waals surface area contributed by atoms with Gasteiger partial charge in [-0.1, -0.05) is 24.3 Å². The number of nitrogens with zero attached hydrogens (tertiary/aromatic N) is 2. The molecule has 1 N–H and O–H groups in total. The van der Waals surface area contributed by atoms with Gasteiger partial charge in [-0.05, 0) is 24.3 Å². The SMILES string of the molecule is COc1ccccc1C(=O)Nc1ccn(C(=O)c2ccccc2OC)n1. The molecular weight excluding hydrogens is 334 g/mol. The topological polar surface area (TPSA) is 82.5 Å². The average molecular weight is 351 g/mol. The molecular formula is C19H17N3O4. The number of carbonyl (C=O) groups excluding carboxylic acids is 2. The summed E-state index contributed by atoms with van der Waals surface area (Å²) in [7, 11) is 2.99. The molecule has 0 unspecified atom stereocenters. The van der Waals surface area contributed by atoms with Gasteiger partial charge in [0, 0.05) is 12.3 Å². The van der Waals surface area contributed by atoms with Crippen LogP contribution in [0.25, 0.3) is 0 Å². The molecule has 0 saturated heterocycles. The molecule has 7 nitrogen and oxygen atoms in total. The Morgan fingerprint density at radius 3 is 2.12 bits per heavy atom. The normalized spacial score (nSPS) is 10.2. The second-order valence-corrected chi connectivity index (χ2v) is 5.31. The summed E-state index contributed by atoms with van der Waals surface area (Å²) in [6, 6.07) is 15.3. The van der Waals surface area contributed by atoms with Gasteiger partial charge in [-0.3, -0.25) is 9.59 Å². The Labute approximate surface area is 150 Å². The maximum atomic E-state index is 12.6. The summed E-state index contributed by atoms with van der Waals surface area (Å²) in [5.74, 6) is 0.420. The first-order chi connectivity index (χ1) is 12.6. The van der Waals surface area contributed by atoms with Crippen LogP contribution in [0.1, 0.15) is 20.7 Å². The second-order valence-electron chi connectivity index (χ2n) is 5.31. The predicted molar refractivity (Wildman–Crippen MR) is 95.9 cm³/mol. The van der Waals surface area contributed by atoms with Crippen molar-refractivity contribution in [3.63, 3.8) is 0 Å². The Bertz CT molecular complexity index is 949. The molecule has 132 valence electrons. The Morgan fingerprint density at radius 2 is 1.46 bits per heavy atom. The van der Waals surface area contributed by atoms with Crippen molar-refractivity contribution in [2.45, 2.75) is 0 Å². The summed E-state index contributed by atoms with van der Waals surface area (Å²) in [4.78, 5) is 25.0. The summed E-state index contributed by atoms with van der Waals surface area (Å²) in [6.45, 7) is 0. The van der Waals surface area contributed by atoms with Crippen molar-refractivity contribution in [3.05, 3.63) is 71.9 Å². The zero-order chi connectivity index (χ0) is 18.5. The van der Waals surface area contributed by atoms with Crippen molar-refractivity contribution in [2.75, 3.05) is 19.5 Å². The first-order valence-corrected chi connectivity index (χ1v) is 7.82. The van der Waals surface area contributed by atoms with Crippen LogP contribution in [0.4, 0.5) is 5.82 Å². The fraction of sp³-hybridized carbons (Fsp3) is 0.105. The summed E-state index contributed by atoms with van der Waals surface area (Å²) in [6.07, 6.45) is 1.48. The second kappa shape index (κ2) is 7.52. The quantitative estimate of drug-likeness (QED) is 0.764. The molecule has 3 rings (SSSR count). The largest absolute Gasteiger partial charge is 0.496 e. The molecule has 0 atom stereocenters. The van der Waals surface area contributed by atoms with E-state index in [0.717, 1.165) is 4.68 Å². The van der Waals surface area contributed by atoms with Crippen LogP contribution < -0.4 is 14.8 Å². The number of nitrogens with one attached hydrogen (secondary N) is 1. The molecule has 2 aromatic carbocycles. The van der Waals surface area contributed by atoms with E-state index < -0.39 is 0 Å². The zero-order valence-electron chi connectivity index (χ0n) is 14.3. The summed E-state index contributed by atoms with van der Waals surface area (Å²) < 4.78 is 11.5. The smallest absolute Gasteiger partial charge is 0.281 e. The van der Waals surface area contributed by atoms with Gasteiger partial charge in [0.25, 0.3) is 11.8 Å². The third-order valence-electron chi connectivity index (χ3n) is 3.73. The Hall–Kier alpha value is -3.61. The molecule has 0 radical (unpaired) electrons.